The number of piperidine rings is 1. The average molecular weight is 327 g/mol. The number of aryl methyl sites for hydroxylation is 2. The van der Waals surface area contributed by atoms with E-state index >= 15 is 0 Å². The fourth-order valence-corrected chi connectivity index (χ4v) is 6.00. The van der Waals surface area contributed by atoms with Gasteiger partial charge in [-0.2, -0.15) is 0 Å². The van der Waals surface area contributed by atoms with Crippen LogP contribution in [-0.2, 0) is 4.57 Å². The number of hydrogen-bond acceptors (Lipinski definition) is 2. The summed E-state index contributed by atoms with van der Waals surface area (Å²) in [6, 6.07) is 16.5. The molecule has 2 aromatic carbocycles. The van der Waals surface area contributed by atoms with Crippen LogP contribution in [0.4, 0.5) is 0 Å². The maximum atomic E-state index is 14.1. The molecular weight excluding hydrogens is 301 g/mol. The lowest BCUT2D eigenvalue weighted by Crippen LogP contribution is -2.34. The quantitative estimate of drug-likeness (QED) is 0.789. The van der Waals surface area contributed by atoms with Crippen molar-refractivity contribution in [2.75, 3.05) is 19.4 Å². The monoisotopic (exact) mass is 327 g/mol. The predicted octanol–water partition coefficient (Wildman–Crippen LogP) is 4.06. The molecule has 1 aliphatic heterocycles. The summed E-state index contributed by atoms with van der Waals surface area (Å²) in [6.07, 6.45) is 4.42. The van der Waals surface area contributed by atoms with E-state index in [1.54, 1.807) is 0 Å². The Morgan fingerprint density at radius 3 is 1.65 bits per heavy atom. The predicted molar refractivity (Wildman–Crippen MR) is 99.5 cm³/mol. The van der Waals surface area contributed by atoms with Crippen LogP contribution in [0.15, 0.2) is 48.5 Å². The minimum absolute atomic E-state index is 0.666. The van der Waals surface area contributed by atoms with Crippen molar-refractivity contribution in [2.45, 2.75) is 33.1 Å². The van der Waals surface area contributed by atoms with E-state index in [4.69, 9.17) is 0 Å². The highest BCUT2D eigenvalue weighted by atomic mass is 31.2. The summed E-state index contributed by atoms with van der Waals surface area (Å²) in [4.78, 5) is 2.39. The summed E-state index contributed by atoms with van der Waals surface area (Å²) in [5, 5.41) is 1.97. The van der Waals surface area contributed by atoms with E-state index in [0.29, 0.717) is 6.29 Å². The molecule has 0 radical (unpaired) electrons. The van der Waals surface area contributed by atoms with Crippen molar-refractivity contribution < 1.29 is 4.57 Å². The largest absolute Gasteiger partial charge is 0.312 e. The molecule has 3 heteroatoms. The summed E-state index contributed by atoms with van der Waals surface area (Å²) in [5.74, 6) is 0. The summed E-state index contributed by atoms with van der Waals surface area (Å²) < 4.78 is 14.1. The SMILES string of the molecule is Cc1ccc(P(=O)(CN2CCCCC2)c2ccc(C)cc2)cc1. The highest BCUT2D eigenvalue weighted by molar-refractivity contribution is 7.78. The van der Waals surface area contributed by atoms with Crippen LogP contribution in [0.1, 0.15) is 30.4 Å². The van der Waals surface area contributed by atoms with Gasteiger partial charge in [0.15, 0.2) is 7.14 Å². The lowest BCUT2D eigenvalue weighted by Gasteiger charge is -2.31. The third kappa shape index (κ3) is 3.76. The van der Waals surface area contributed by atoms with Gasteiger partial charge in [-0.15, -0.1) is 0 Å². The van der Waals surface area contributed by atoms with E-state index < -0.39 is 7.14 Å². The molecule has 2 aromatic rings. The van der Waals surface area contributed by atoms with E-state index in [1.165, 1.54) is 30.4 Å². The number of likely N-dealkylation sites (tertiary alicyclic amines) is 1. The second kappa shape index (κ2) is 7.03. The molecule has 0 atom stereocenters. The Kier molecular flexibility index (Phi) is 5.04. The molecule has 0 aromatic heterocycles. The van der Waals surface area contributed by atoms with E-state index in [9.17, 15) is 4.57 Å². The van der Waals surface area contributed by atoms with Crippen LogP contribution in [0.2, 0.25) is 0 Å². The second-order valence-corrected chi connectivity index (χ2v) is 9.53. The molecule has 1 saturated heterocycles. The van der Waals surface area contributed by atoms with Gasteiger partial charge in [-0.05, 0) is 39.8 Å². The molecule has 0 saturated carbocycles. The molecule has 0 aliphatic carbocycles. The molecule has 23 heavy (non-hydrogen) atoms. The van der Waals surface area contributed by atoms with Crippen molar-refractivity contribution in [3.05, 3.63) is 59.7 Å². The lowest BCUT2D eigenvalue weighted by atomic mass is 10.1. The van der Waals surface area contributed by atoms with Gasteiger partial charge in [0.1, 0.15) is 0 Å². The summed E-state index contributed by atoms with van der Waals surface area (Å²) in [6.45, 7) is 6.29. The lowest BCUT2D eigenvalue weighted by molar-refractivity contribution is 0.262. The van der Waals surface area contributed by atoms with Crippen molar-refractivity contribution >= 4 is 17.8 Å². The first-order valence-corrected chi connectivity index (χ1v) is 10.4. The van der Waals surface area contributed by atoms with Crippen LogP contribution in [0.5, 0.6) is 0 Å². The maximum absolute atomic E-state index is 14.1. The zero-order valence-electron chi connectivity index (χ0n) is 14.2. The van der Waals surface area contributed by atoms with E-state index in [1.807, 2.05) is 0 Å². The first kappa shape index (κ1) is 16.5. The third-order valence-corrected chi connectivity index (χ3v) is 7.81. The van der Waals surface area contributed by atoms with Crippen molar-refractivity contribution in [1.82, 2.24) is 4.90 Å². The van der Waals surface area contributed by atoms with Gasteiger partial charge < -0.3 is 4.57 Å². The van der Waals surface area contributed by atoms with Gasteiger partial charge in [0, 0.05) is 10.6 Å². The average Bonchev–Trinajstić information content (AvgIpc) is 2.57. The Balaban J connectivity index is 1.99. The van der Waals surface area contributed by atoms with Crippen LogP contribution in [-0.4, -0.2) is 24.3 Å². The van der Waals surface area contributed by atoms with Gasteiger partial charge in [-0.1, -0.05) is 66.1 Å². The fourth-order valence-electron chi connectivity index (χ4n) is 3.27. The Hall–Kier alpha value is -1.37. The normalized spacial score (nSPS) is 16.4. The summed E-state index contributed by atoms with van der Waals surface area (Å²) >= 11 is 0. The molecule has 0 bridgehead atoms. The van der Waals surface area contributed by atoms with Crippen molar-refractivity contribution in [3.8, 4) is 0 Å². The molecular formula is C20H26NOP. The highest BCUT2D eigenvalue weighted by Crippen LogP contribution is 2.44. The number of rotatable bonds is 4. The second-order valence-electron chi connectivity index (χ2n) is 6.73. The van der Waals surface area contributed by atoms with Gasteiger partial charge >= 0.3 is 0 Å². The van der Waals surface area contributed by atoms with Crippen molar-refractivity contribution in [2.24, 2.45) is 0 Å². The van der Waals surface area contributed by atoms with Gasteiger partial charge in [-0.25, -0.2) is 0 Å². The summed E-state index contributed by atoms with van der Waals surface area (Å²) in [7, 11) is -2.61. The standard InChI is InChI=1S/C20H26NOP/c1-17-6-10-19(11-7-17)23(22,16-21-14-4-3-5-15-21)20-12-8-18(2)9-13-20/h6-13H,3-5,14-16H2,1-2H3. The van der Waals surface area contributed by atoms with E-state index in [-0.39, 0.29) is 0 Å². The Morgan fingerprint density at radius 2 is 1.22 bits per heavy atom. The molecule has 0 N–H and O–H groups in total. The first-order chi connectivity index (χ1) is 11.1. The molecule has 1 aliphatic rings. The van der Waals surface area contributed by atoms with Crippen molar-refractivity contribution in [1.29, 1.82) is 0 Å². The molecule has 1 heterocycles. The van der Waals surface area contributed by atoms with Crippen LogP contribution < -0.4 is 10.6 Å². The Labute approximate surface area is 139 Å². The molecule has 1 fully saturated rings. The minimum atomic E-state index is -2.61. The molecule has 0 unspecified atom stereocenters. The number of nitrogens with zero attached hydrogens (tertiary/aromatic N) is 1. The van der Waals surface area contributed by atoms with Crippen LogP contribution in [0, 0.1) is 13.8 Å². The topological polar surface area (TPSA) is 20.3 Å². The molecule has 0 spiro atoms. The van der Waals surface area contributed by atoms with E-state index in [2.05, 4.69) is 67.3 Å². The smallest absolute Gasteiger partial charge is 0.156 e. The summed E-state index contributed by atoms with van der Waals surface area (Å²) in [5.41, 5.74) is 2.42. The van der Waals surface area contributed by atoms with Gasteiger partial charge in [0.25, 0.3) is 0 Å². The van der Waals surface area contributed by atoms with Crippen LogP contribution in [0.3, 0.4) is 0 Å². The zero-order valence-corrected chi connectivity index (χ0v) is 15.1. The van der Waals surface area contributed by atoms with Gasteiger partial charge in [-0.3, -0.25) is 4.90 Å². The Bertz CT molecular complexity index is 635. The molecule has 3 rings (SSSR count). The van der Waals surface area contributed by atoms with Crippen LogP contribution in [0.25, 0.3) is 0 Å². The highest BCUT2D eigenvalue weighted by Gasteiger charge is 2.30. The molecule has 2 nitrogen and oxygen atoms in total. The Morgan fingerprint density at radius 1 is 0.783 bits per heavy atom. The number of hydrogen-bond donors (Lipinski definition) is 0. The number of benzene rings is 2. The minimum Gasteiger partial charge on any atom is -0.312 e. The molecule has 0 amide bonds. The van der Waals surface area contributed by atoms with E-state index in [0.717, 1.165) is 23.7 Å². The maximum Gasteiger partial charge on any atom is 0.156 e. The van der Waals surface area contributed by atoms with Crippen LogP contribution >= 0.6 is 7.14 Å². The molecule has 122 valence electrons. The zero-order chi connectivity index (χ0) is 16.3. The van der Waals surface area contributed by atoms with Gasteiger partial charge in [0.2, 0.25) is 0 Å². The third-order valence-electron chi connectivity index (χ3n) is 4.75. The van der Waals surface area contributed by atoms with Gasteiger partial charge in [0.05, 0.1) is 6.29 Å². The van der Waals surface area contributed by atoms with Crippen molar-refractivity contribution in [3.63, 3.8) is 0 Å². The first-order valence-electron chi connectivity index (χ1n) is 8.54. The fraction of sp³-hybridized carbons (Fsp3) is 0.400.